The van der Waals surface area contributed by atoms with E-state index in [1.54, 1.807) is 11.0 Å². The summed E-state index contributed by atoms with van der Waals surface area (Å²) in [6, 6.07) is 5.09. The second-order valence-corrected chi connectivity index (χ2v) is 5.42. The summed E-state index contributed by atoms with van der Waals surface area (Å²) in [5.74, 6) is -0.453. The smallest absolute Gasteiger partial charge is 0.406 e. The molecule has 0 saturated carbocycles. The first kappa shape index (κ1) is 18.3. The van der Waals surface area contributed by atoms with Crippen LogP contribution in [0.4, 0.5) is 18.9 Å². The van der Waals surface area contributed by atoms with Gasteiger partial charge in [0, 0.05) is 45.0 Å². The Morgan fingerprint density at radius 3 is 2.54 bits per heavy atom. The summed E-state index contributed by atoms with van der Waals surface area (Å²) in [6.45, 7) is 2.04. The third-order valence-electron chi connectivity index (χ3n) is 3.67. The van der Waals surface area contributed by atoms with Gasteiger partial charge in [-0.05, 0) is 12.1 Å². The lowest BCUT2D eigenvalue weighted by Gasteiger charge is -2.37. The summed E-state index contributed by atoms with van der Waals surface area (Å²) in [7, 11) is 1.47. The topological polar surface area (TPSA) is 68.0 Å². The van der Waals surface area contributed by atoms with Crippen LogP contribution >= 0.6 is 0 Å². The molecule has 0 bridgehead atoms. The molecule has 0 radical (unpaired) electrons. The second-order valence-electron chi connectivity index (χ2n) is 5.42. The molecule has 1 aliphatic rings. The zero-order chi connectivity index (χ0) is 17.7. The van der Waals surface area contributed by atoms with Crippen LogP contribution in [-0.2, 0) is 9.53 Å². The molecule has 0 aliphatic carbocycles. The molecule has 9 heteroatoms. The number of benzene rings is 1. The van der Waals surface area contributed by atoms with E-state index in [1.807, 2.05) is 4.90 Å². The van der Waals surface area contributed by atoms with Crippen molar-refractivity contribution in [2.24, 2.45) is 5.73 Å². The molecule has 1 saturated heterocycles. The number of carbonyl (C=O) groups excluding carboxylic acids is 1. The van der Waals surface area contributed by atoms with Gasteiger partial charge in [-0.25, -0.2) is 0 Å². The van der Waals surface area contributed by atoms with E-state index < -0.39 is 12.4 Å². The number of amides is 1. The Balaban J connectivity index is 1.95. The average molecular weight is 347 g/mol. The predicted octanol–water partition coefficient (Wildman–Crippen LogP) is 1.21. The maximum absolute atomic E-state index is 12.3. The summed E-state index contributed by atoms with van der Waals surface area (Å²) in [5.41, 5.74) is 6.35. The standard InChI is InChI=1S/C15H20F3N3O3/c1-23-10-13(19)14(22)21-7-5-20(6-8-21)11-3-2-4-12(9-11)24-15(16,17)18/h2-4,9,13H,5-8,10,19H2,1H3. The largest absolute Gasteiger partial charge is 0.573 e. The van der Waals surface area contributed by atoms with Crippen LogP contribution in [0.1, 0.15) is 0 Å². The molecule has 0 spiro atoms. The van der Waals surface area contributed by atoms with Gasteiger partial charge in [-0.15, -0.1) is 13.2 Å². The monoisotopic (exact) mass is 347 g/mol. The number of rotatable bonds is 5. The lowest BCUT2D eigenvalue weighted by Crippen LogP contribution is -2.54. The number of halogens is 3. The Morgan fingerprint density at radius 1 is 1.29 bits per heavy atom. The highest BCUT2D eigenvalue weighted by Crippen LogP contribution is 2.27. The quantitative estimate of drug-likeness (QED) is 0.867. The molecule has 2 N–H and O–H groups in total. The molecular weight excluding hydrogens is 327 g/mol. The first-order valence-electron chi connectivity index (χ1n) is 7.44. The number of alkyl halides is 3. The highest BCUT2D eigenvalue weighted by molar-refractivity contribution is 5.82. The highest BCUT2D eigenvalue weighted by Gasteiger charge is 2.31. The summed E-state index contributed by atoms with van der Waals surface area (Å²) in [6.07, 6.45) is -4.72. The number of piperazine rings is 1. The van der Waals surface area contributed by atoms with Crippen molar-refractivity contribution in [3.8, 4) is 5.75 Å². The van der Waals surface area contributed by atoms with Crippen LogP contribution in [0.3, 0.4) is 0 Å². The average Bonchev–Trinajstić information content (AvgIpc) is 2.53. The van der Waals surface area contributed by atoms with E-state index in [4.69, 9.17) is 10.5 Å². The first-order chi connectivity index (χ1) is 11.3. The van der Waals surface area contributed by atoms with Crippen molar-refractivity contribution in [2.45, 2.75) is 12.4 Å². The highest BCUT2D eigenvalue weighted by atomic mass is 19.4. The molecule has 2 rings (SSSR count). The van der Waals surface area contributed by atoms with Crippen LogP contribution < -0.4 is 15.4 Å². The van der Waals surface area contributed by atoms with E-state index in [9.17, 15) is 18.0 Å². The summed E-state index contributed by atoms with van der Waals surface area (Å²) >= 11 is 0. The fourth-order valence-electron chi connectivity index (χ4n) is 2.55. The van der Waals surface area contributed by atoms with E-state index >= 15 is 0 Å². The molecule has 1 aromatic rings. The molecule has 1 amide bonds. The van der Waals surface area contributed by atoms with Gasteiger partial charge in [0.25, 0.3) is 0 Å². The van der Waals surface area contributed by atoms with E-state index in [0.29, 0.717) is 31.9 Å². The Labute approximate surface area is 137 Å². The molecule has 1 aliphatic heterocycles. The Kier molecular flexibility index (Phi) is 5.89. The molecule has 1 fully saturated rings. The van der Waals surface area contributed by atoms with Crippen LogP contribution in [0, 0.1) is 0 Å². The van der Waals surface area contributed by atoms with Crippen molar-refractivity contribution in [3.05, 3.63) is 24.3 Å². The van der Waals surface area contributed by atoms with Crippen LogP contribution in [0.15, 0.2) is 24.3 Å². The number of carbonyl (C=O) groups is 1. The van der Waals surface area contributed by atoms with Gasteiger partial charge < -0.3 is 25.0 Å². The molecule has 1 atom stereocenters. The molecule has 134 valence electrons. The lowest BCUT2D eigenvalue weighted by atomic mass is 10.2. The van der Waals surface area contributed by atoms with E-state index in [0.717, 1.165) is 0 Å². The molecule has 1 heterocycles. The fourth-order valence-corrected chi connectivity index (χ4v) is 2.55. The number of ether oxygens (including phenoxy) is 2. The van der Waals surface area contributed by atoms with Crippen molar-refractivity contribution < 1.29 is 27.4 Å². The number of nitrogens with zero attached hydrogens (tertiary/aromatic N) is 2. The van der Waals surface area contributed by atoms with Crippen LogP contribution in [-0.4, -0.2) is 63.1 Å². The number of hydrogen-bond donors (Lipinski definition) is 1. The molecular formula is C15H20F3N3O3. The van der Waals surface area contributed by atoms with Gasteiger partial charge >= 0.3 is 6.36 Å². The van der Waals surface area contributed by atoms with Crippen LogP contribution in [0.25, 0.3) is 0 Å². The maximum atomic E-state index is 12.3. The van der Waals surface area contributed by atoms with Gasteiger partial charge in [0.15, 0.2) is 0 Å². The fraction of sp³-hybridized carbons (Fsp3) is 0.533. The third kappa shape index (κ3) is 5.00. The van der Waals surface area contributed by atoms with Gasteiger partial charge in [-0.1, -0.05) is 6.07 Å². The number of hydrogen-bond acceptors (Lipinski definition) is 5. The molecule has 1 aromatic carbocycles. The first-order valence-corrected chi connectivity index (χ1v) is 7.44. The minimum Gasteiger partial charge on any atom is -0.406 e. The minimum absolute atomic E-state index is 0.149. The van der Waals surface area contributed by atoms with Crippen molar-refractivity contribution >= 4 is 11.6 Å². The maximum Gasteiger partial charge on any atom is 0.573 e. The molecule has 1 unspecified atom stereocenters. The lowest BCUT2D eigenvalue weighted by molar-refractivity contribution is -0.274. The van der Waals surface area contributed by atoms with Gasteiger partial charge in [0.05, 0.1) is 6.61 Å². The number of methoxy groups -OCH3 is 1. The van der Waals surface area contributed by atoms with Crippen LogP contribution in [0.2, 0.25) is 0 Å². The van der Waals surface area contributed by atoms with Crippen molar-refractivity contribution in [1.82, 2.24) is 4.90 Å². The van der Waals surface area contributed by atoms with E-state index in [2.05, 4.69) is 4.74 Å². The van der Waals surface area contributed by atoms with Gasteiger partial charge in [0.2, 0.25) is 5.91 Å². The number of nitrogens with two attached hydrogens (primary N) is 1. The number of anilines is 1. The molecule has 24 heavy (non-hydrogen) atoms. The van der Waals surface area contributed by atoms with Crippen molar-refractivity contribution in [2.75, 3.05) is 44.8 Å². The Hall–Kier alpha value is -2.00. The van der Waals surface area contributed by atoms with E-state index in [1.165, 1.54) is 25.3 Å². The SMILES string of the molecule is COCC(N)C(=O)N1CCN(c2cccc(OC(F)(F)F)c2)CC1. The molecule has 6 nitrogen and oxygen atoms in total. The van der Waals surface area contributed by atoms with Crippen LogP contribution in [0.5, 0.6) is 5.75 Å². The summed E-state index contributed by atoms with van der Waals surface area (Å²) < 4.78 is 45.7. The Morgan fingerprint density at radius 2 is 1.96 bits per heavy atom. The van der Waals surface area contributed by atoms with Crippen molar-refractivity contribution in [1.29, 1.82) is 0 Å². The summed E-state index contributed by atoms with van der Waals surface area (Å²) in [4.78, 5) is 15.6. The van der Waals surface area contributed by atoms with Crippen molar-refractivity contribution in [3.63, 3.8) is 0 Å². The van der Waals surface area contributed by atoms with Gasteiger partial charge in [-0.2, -0.15) is 0 Å². The third-order valence-corrected chi connectivity index (χ3v) is 3.67. The predicted molar refractivity (Wildman–Crippen MR) is 81.8 cm³/mol. The molecule has 0 aromatic heterocycles. The zero-order valence-corrected chi connectivity index (χ0v) is 13.3. The summed E-state index contributed by atoms with van der Waals surface area (Å²) in [5, 5.41) is 0. The van der Waals surface area contributed by atoms with E-state index in [-0.39, 0.29) is 18.3 Å². The van der Waals surface area contributed by atoms with Gasteiger partial charge in [-0.3, -0.25) is 4.79 Å². The minimum atomic E-state index is -4.72. The second kappa shape index (κ2) is 7.71. The Bertz CT molecular complexity index is 560. The zero-order valence-electron chi connectivity index (χ0n) is 13.3. The normalized spacial score (nSPS) is 16.9. The van der Waals surface area contributed by atoms with Gasteiger partial charge in [0.1, 0.15) is 11.8 Å².